The van der Waals surface area contributed by atoms with Gasteiger partial charge in [-0.3, -0.25) is 4.57 Å². The van der Waals surface area contributed by atoms with E-state index in [4.69, 9.17) is 28.7 Å². The highest BCUT2D eigenvalue weighted by atomic mass is 15.1. The third-order valence-corrected chi connectivity index (χ3v) is 7.47. The Morgan fingerprint density at radius 2 is 0.872 bits per heavy atom. The third-order valence-electron chi connectivity index (χ3n) is 7.47. The van der Waals surface area contributed by atoms with Crippen LogP contribution in [0.25, 0.3) is 73.8 Å². The molecule has 0 bridgehead atoms. The molecule has 0 amide bonds. The van der Waals surface area contributed by atoms with Crippen molar-refractivity contribution >= 4 is 0 Å². The fourth-order valence-corrected chi connectivity index (χ4v) is 5.40. The quantitative estimate of drug-likeness (QED) is 0.179. The van der Waals surface area contributed by atoms with E-state index in [0.29, 0.717) is 22.8 Å². The Bertz CT molecular complexity index is 2700. The van der Waals surface area contributed by atoms with Gasteiger partial charge in [0, 0.05) is 33.4 Å². The van der Waals surface area contributed by atoms with Crippen LogP contribution in [-0.2, 0) is 0 Å². The first-order valence-electron chi connectivity index (χ1n) is 19.8. The van der Waals surface area contributed by atoms with Crippen LogP contribution in [0.5, 0.6) is 0 Å². The second-order valence-electron chi connectivity index (χ2n) is 10.4. The van der Waals surface area contributed by atoms with Crippen molar-refractivity contribution in [1.82, 2.24) is 24.5 Å². The molecule has 0 aliphatic heterocycles. The van der Waals surface area contributed by atoms with Crippen molar-refractivity contribution in [3.8, 4) is 73.8 Å². The summed E-state index contributed by atoms with van der Waals surface area (Å²) in [7, 11) is 0. The van der Waals surface area contributed by atoms with Crippen LogP contribution >= 0.6 is 0 Å². The van der Waals surface area contributed by atoms with Gasteiger partial charge >= 0.3 is 0 Å². The van der Waals surface area contributed by atoms with Crippen molar-refractivity contribution < 1.29 is 13.7 Å². The zero-order chi connectivity index (χ0) is 40.1. The molecule has 0 N–H and O–H groups in total. The van der Waals surface area contributed by atoms with E-state index < -0.39 is 60.4 Å². The standard InChI is InChI=1S/C42H29N5/c1-6-18-30(19-7-1)37-38(31-20-8-2-9-21-31)47(42(43-37)34-26-14-5-15-27-34)36-29-17-16-28-35(36)41-45-39(32-22-10-3-11-23-32)44-40(46-41)33-24-12-4-13-25-33/h1-29H/i3D,4D,10D,11D,12D,13D,22D,23D,24D,25D. The number of aromatic nitrogens is 5. The minimum atomic E-state index is -0.621. The lowest BCUT2D eigenvalue weighted by molar-refractivity contribution is 1.04. The Kier molecular flexibility index (Phi) is 5.09. The smallest absolute Gasteiger partial charge is 0.166 e. The molecule has 5 heteroatoms. The number of hydrogen-bond acceptors (Lipinski definition) is 4. The molecule has 0 fully saturated rings. The van der Waals surface area contributed by atoms with Crippen LogP contribution in [0.1, 0.15) is 13.7 Å². The maximum absolute atomic E-state index is 8.77. The molecule has 47 heavy (non-hydrogen) atoms. The number of imidazole rings is 1. The number of hydrogen-bond donors (Lipinski definition) is 0. The first kappa shape index (κ1) is 19.1. The third kappa shape index (κ3) is 5.51. The molecule has 0 saturated carbocycles. The summed E-state index contributed by atoms with van der Waals surface area (Å²) in [6.45, 7) is 0. The molecule has 0 aliphatic carbocycles. The minimum absolute atomic E-state index is 0.0581. The molecule has 5 nitrogen and oxygen atoms in total. The molecule has 2 heterocycles. The zero-order valence-corrected chi connectivity index (χ0v) is 24.7. The summed E-state index contributed by atoms with van der Waals surface area (Å²) in [5, 5.41) is 0. The number of nitrogens with zero attached hydrogens (tertiary/aromatic N) is 5. The van der Waals surface area contributed by atoms with Crippen molar-refractivity contribution in [3.05, 3.63) is 176 Å². The number of benzene rings is 6. The van der Waals surface area contributed by atoms with Crippen molar-refractivity contribution in [1.29, 1.82) is 0 Å². The summed E-state index contributed by atoms with van der Waals surface area (Å²) in [6, 6.07) is 30.3. The van der Waals surface area contributed by atoms with Gasteiger partial charge in [0.15, 0.2) is 17.5 Å². The average Bonchev–Trinajstić information content (AvgIpc) is 3.65. The van der Waals surface area contributed by atoms with Gasteiger partial charge in [-0.05, 0) is 12.1 Å². The fourth-order valence-electron chi connectivity index (χ4n) is 5.40. The van der Waals surface area contributed by atoms with E-state index in [-0.39, 0.29) is 28.6 Å². The molecule has 222 valence electrons. The second-order valence-corrected chi connectivity index (χ2v) is 10.4. The summed E-state index contributed by atoms with van der Waals surface area (Å²) in [4.78, 5) is 19.2. The van der Waals surface area contributed by atoms with E-state index in [9.17, 15) is 0 Å². The van der Waals surface area contributed by atoms with Gasteiger partial charge in [-0.15, -0.1) is 0 Å². The first-order valence-corrected chi connectivity index (χ1v) is 14.8. The second kappa shape index (κ2) is 12.5. The van der Waals surface area contributed by atoms with Crippen molar-refractivity contribution in [2.45, 2.75) is 0 Å². The van der Waals surface area contributed by atoms with E-state index >= 15 is 0 Å². The lowest BCUT2D eigenvalue weighted by Gasteiger charge is -2.17. The van der Waals surface area contributed by atoms with Gasteiger partial charge in [0.25, 0.3) is 0 Å². The maximum atomic E-state index is 8.77. The van der Waals surface area contributed by atoms with Gasteiger partial charge in [0.2, 0.25) is 0 Å². The van der Waals surface area contributed by atoms with Crippen LogP contribution in [0.2, 0.25) is 0 Å². The van der Waals surface area contributed by atoms with Crippen LogP contribution < -0.4 is 0 Å². The van der Waals surface area contributed by atoms with Crippen LogP contribution in [0, 0.1) is 0 Å². The molecular weight excluding hydrogens is 574 g/mol. The largest absolute Gasteiger partial charge is 0.291 e. The van der Waals surface area contributed by atoms with Crippen molar-refractivity contribution in [2.75, 3.05) is 0 Å². The highest BCUT2D eigenvalue weighted by Gasteiger charge is 2.25. The highest BCUT2D eigenvalue weighted by molar-refractivity contribution is 5.86. The summed E-state index contributed by atoms with van der Waals surface area (Å²) in [5.41, 5.74) is 4.14. The summed E-state index contributed by atoms with van der Waals surface area (Å²) >= 11 is 0. The van der Waals surface area contributed by atoms with Gasteiger partial charge in [-0.2, -0.15) is 0 Å². The van der Waals surface area contributed by atoms with Crippen LogP contribution in [-0.4, -0.2) is 24.5 Å². The maximum Gasteiger partial charge on any atom is 0.166 e. The molecule has 2 aromatic heterocycles. The van der Waals surface area contributed by atoms with Gasteiger partial charge in [0.1, 0.15) is 5.82 Å². The predicted molar refractivity (Wildman–Crippen MR) is 190 cm³/mol. The monoisotopic (exact) mass is 613 g/mol. The summed E-state index contributed by atoms with van der Waals surface area (Å²) in [5.74, 6) is -0.185. The van der Waals surface area contributed by atoms with Crippen LogP contribution in [0.15, 0.2) is 176 Å². The fraction of sp³-hybridized carbons (Fsp3) is 0. The molecule has 8 rings (SSSR count). The summed E-state index contributed by atoms with van der Waals surface area (Å²) < 4.78 is 86.9. The molecule has 0 radical (unpaired) electrons. The normalized spacial score (nSPS) is 14.0. The summed E-state index contributed by atoms with van der Waals surface area (Å²) in [6.07, 6.45) is 0. The Morgan fingerprint density at radius 1 is 0.404 bits per heavy atom. The molecule has 0 unspecified atom stereocenters. The zero-order valence-electron chi connectivity index (χ0n) is 34.7. The lowest BCUT2D eigenvalue weighted by Crippen LogP contribution is -2.05. The Hall–Kier alpha value is -6.46. The molecule has 8 aromatic rings. The number of rotatable bonds is 7. The van der Waals surface area contributed by atoms with Crippen molar-refractivity contribution in [2.24, 2.45) is 0 Å². The van der Waals surface area contributed by atoms with Gasteiger partial charge in [-0.25, -0.2) is 19.9 Å². The predicted octanol–water partition coefficient (Wildman–Crippen LogP) is 10.1. The Balaban J connectivity index is 1.50. The number of para-hydroxylation sites is 1. The Labute approximate surface area is 287 Å². The average molecular weight is 614 g/mol. The SMILES string of the molecule is [2H]c1c([2H])c([2H])c(-c2nc(-c3ccccc3-n3c(-c4ccccc4)nc(-c4ccccc4)c3-c3ccccc3)nc(-c3c([2H])c([2H])c([2H])c([2H])c3[2H])n2)c([2H])c1[2H]. The van der Waals surface area contributed by atoms with E-state index in [1.165, 1.54) is 0 Å². The van der Waals surface area contributed by atoms with Crippen LogP contribution in [0.3, 0.4) is 0 Å². The van der Waals surface area contributed by atoms with E-state index in [0.717, 1.165) is 22.4 Å². The minimum Gasteiger partial charge on any atom is -0.291 e. The molecule has 0 aliphatic rings. The topological polar surface area (TPSA) is 56.5 Å². The first-order chi connectivity index (χ1) is 27.5. The lowest BCUT2D eigenvalue weighted by atomic mass is 10.0. The van der Waals surface area contributed by atoms with E-state index in [2.05, 4.69) is 4.98 Å². The van der Waals surface area contributed by atoms with E-state index in [1.54, 1.807) is 12.1 Å². The van der Waals surface area contributed by atoms with Crippen molar-refractivity contribution in [3.63, 3.8) is 0 Å². The van der Waals surface area contributed by atoms with E-state index in [1.807, 2.05) is 108 Å². The molecule has 0 atom stereocenters. The Morgan fingerprint density at radius 3 is 1.45 bits per heavy atom. The molecule has 0 spiro atoms. The van der Waals surface area contributed by atoms with Gasteiger partial charge in [0.05, 0.1) is 30.8 Å². The van der Waals surface area contributed by atoms with Crippen LogP contribution in [0.4, 0.5) is 0 Å². The van der Waals surface area contributed by atoms with Gasteiger partial charge < -0.3 is 0 Å². The van der Waals surface area contributed by atoms with Gasteiger partial charge in [-0.1, -0.05) is 164 Å². The molecular formula is C42H29N5. The molecule has 0 saturated heterocycles. The highest BCUT2D eigenvalue weighted by Crippen LogP contribution is 2.41. The molecule has 6 aromatic carbocycles.